The van der Waals surface area contributed by atoms with Crippen LogP contribution in [0.1, 0.15) is 48.4 Å². The van der Waals surface area contributed by atoms with Crippen molar-refractivity contribution in [2.45, 2.75) is 44.9 Å². The fraction of sp³-hybridized carbons (Fsp3) is 0.375. The van der Waals surface area contributed by atoms with Gasteiger partial charge in [0.05, 0.1) is 23.7 Å². The Morgan fingerprint density at radius 2 is 1.93 bits per heavy atom. The summed E-state index contributed by atoms with van der Waals surface area (Å²) in [6, 6.07) is 13.9. The number of carbonyl (C=O) groups is 1. The lowest BCUT2D eigenvalue weighted by molar-refractivity contribution is -0.115. The summed E-state index contributed by atoms with van der Waals surface area (Å²) in [5.41, 5.74) is 2.00. The maximum absolute atomic E-state index is 12.6. The van der Waals surface area contributed by atoms with E-state index in [0.717, 1.165) is 17.1 Å². The number of nitrogens with one attached hydrogen (secondary N) is 1. The predicted molar refractivity (Wildman–Crippen MR) is 120 cm³/mol. The zero-order valence-corrected chi connectivity index (χ0v) is 17.9. The first-order valence-corrected chi connectivity index (χ1v) is 11.5. The van der Waals surface area contributed by atoms with Crippen LogP contribution >= 0.6 is 11.3 Å². The Balaban J connectivity index is 1.32. The van der Waals surface area contributed by atoms with Gasteiger partial charge in [-0.1, -0.05) is 49.6 Å². The highest BCUT2D eigenvalue weighted by Crippen LogP contribution is 2.27. The van der Waals surface area contributed by atoms with Gasteiger partial charge in [-0.05, 0) is 36.5 Å². The molecule has 0 bridgehead atoms. The van der Waals surface area contributed by atoms with Gasteiger partial charge in [0.15, 0.2) is 11.6 Å². The molecule has 1 aliphatic carbocycles. The van der Waals surface area contributed by atoms with Gasteiger partial charge in [-0.3, -0.25) is 4.79 Å². The first-order valence-electron chi connectivity index (χ1n) is 10.6. The number of ether oxygens (including phenoxy) is 1. The summed E-state index contributed by atoms with van der Waals surface area (Å²) in [5.74, 6) is 1.59. The molecule has 1 amide bonds. The van der Waals surface area contributed by atoms with E-state index in [-0.39, 0.29) is 12.3 Å². The lowest BCUT2D eigenvalue weighted by Crippen LogP contribution is -2.18. The molecule has 0 radical (unpaired) electrons. The number of carbonyl (C=O) groups excluding carboxylic acids is 1. The van der Waals surface area contributed by atoms with E-state index in [9.17, 15) is 4.79 Å². The molecule has 3 aromatic rings. The van der Waals surface area contributed by atoms with Crippen molar-refractivity contribution in [2.75, 3.05) is 11.9 Å². The Hall–Kier alpha value is -2.73. The van der Waals surface area contributed by atoms with Crippen LogP contribution in [0.4, 0.5) is 5.82 Å². The van der Waals surface area contributed by atoms with Crippen molar-refractivity contribution < 1.29 is 9.53 Å². The van der Waals surface area contributed by atoms with E-state index in [1.165, 1.54) is 37.7 Å². The SMILES string of the molecule is O=C(Cc1csc(Cc2ccccc2)n1)Nc1ncccc1OCC1CCCCC1. The van der Waals surface area contributed by atoms with Crippen molar-refractivity contribution in [2.24, 2.45) is 5.92 Å². The summed E-state index contributed by atoms with van der Waals surface area (Å²) in [5, 5.41) is 5.86. The fourth-order valence-electron chi connectivity index (χ4n) is 3.78. The molecule has 1 N–H and O–H groups in total. The van der Waals surface area contributed by atoms with Crippen LogP contribution in [0.15, 0.2) is 54.0 Å². The number of hydrogen-bond donors (Lipinski definition) is 1. The molecule has 0 atom stereocenters. The van der Waals surface area contributed by atoms with Crippen LogP contribution in [0.2, 0.25) is 0 Å². The highest BCUT2D eigenvalue weighted by atomic mass is 32.1. The third-order valence-corrected chi connectivity index (χ3v) is 6.26. The molecule has 0 aliphatic heterocycles. The molecule has 0 spiro atoms. The van der Waals surface area contributed by atoms with E-state index >= 15 is 0 Å². The number of thiazole rings is 1. The van der Waals surface area contributed by atoms with E-state index in [4.69, 9.17) is 4.74 Å². The molecular formula is C24H27N3O2S. The van der Waals surface area contributed by atoms with Crippen LogP contribution in [0.3, 0.4) is 0 Å². The second kappa shape index (κ2) is 10.3. The third-order valence-electron chi connectivity index (χ3n) is 5.37. The Bertz CT molecular complexity index is 952. The summed E-state index contributed by atoms with van der Waals surface area (Å²) in [6.45, 7) is 0.684. The summed E-state index contributed by atoms with van der Waals surface area (Å²) in [6.07, 6.45) is 9.01. The molecule has 6 heteroatoms. The van der Waals surface area contributed by atoms with E-state index < -0.39 is 0 Å². The lowest BCUT2D eigenvalue weighted by atomic mass is 9.90. The molecular weight excluding hydrogens is 394 g/mol. The van der Waals surface area contributed by atoms with Crippen LogP contribution in [0.25, 0.3) is 0 Å². The lowest BCUT2D eigenvalue weighted by Gasteiger charge is -2.22. The minimum atomic E-state index is -0.132. The zero-order chi connectivity index (χ0) is 20.6. The van der Waals surface area contributed by atoms with Gasteiger partial charge in [0.1, 0.15) is 0 Å². The van der Waals surface area contributed by atoms with Gasteiger partial charge >= 0.3 is 0 Å². The van der Waals surface area contributed by atoms with Gasteiger partial charge in [0.25, 0.3) is 0 Å². The van der Waals surface area contributed by atoms with E-state index in [2.05, 4.69) is 27.4 Å². The number of anilines is 1. The van der Waals surface area contributed by atoms with E-state index in [1.807, 2.05) is 35.7 Å². The number of amides is 1. The zero-order valence-electron chi connectivity index (χ0n) is 17.0. The number of benzene rings is 1. The predicted octanol–water partition coefficient (Wildman–Crippen LogP) is 5.27. The van der Waals surface area contributed by atoms with Crippen LogP contribution in [-0.2, 0) is 17.6 Å². The molecule has 2 heterocycles. The molecule has 156 valence electrons. The Morgan fingerprint density at radius 1 is 1.10 bits per heavy atom. The summed E-state index contributed by atoms with van der Waals surface area (Å²) >= 11 is 1.59. The van der Waals surface area contributed by atoms with Crippen LogP contribution in [0.5, 0.6) is 5.75 Å². The first kappa shape index (κ1) is 20.5. The van der Waals surface area contributed by atoms with Gasteiger partial charge in [-0.25, -0.2) is 9.97 Å². The monoisotopic (exact) mass is 421 g/mol. The quantitative estimate of drug-likeness (QED) is 0.538. The van der Waals surface area contributed by atoms with Crippen LogP contribution in [0, 0.1) is 5.92 Å². The van der Waals surface area contributed by atoms with Crippen molar-refractivity contribution >= 4 is 23.1 Å². The topological polar surface area (TPSA) is 64.1 Å². The van der Waals surface area contributed by atoms with Gasteiger partial charge in [0.2, 0.25) is 5.91 Å². The minimum absolute atomic E-state index is 0.132. The summed E-state index contributed by atoms with van der Waals surface area (Å²) < 4.78 is 6.01. The first-order chi connectivity index (χ1) is 14.8. The van der Waals surface area contributed by atoms with Gasteiger partial charge in [0, 0.05) is 18.0 Å². The van der Waals surface area contributed by atoms with Gasteiger partial charge in [-0.15, -0.1) is 11.3 Å². The number of rotatable bonds is 8. The number of aromatic nitrogens is 2. The maximum atomic E-state index is 12.6. The Kier molecular flexibility index (Phi) is 7.08. The summed E-state index contributed by atoms with van der Waals surface area (Å²) in [7, 11) is 0. The Morgan fingerprint density at radius 3 is 2.77 bits per heavy atom. The molecule has 1 fully saturated rings. The van der Waals surface area contributed by atoms with Crippen LogP contribution < -0.4 is 10.1 Å². The highest BCUT2D eigenvalue weighted by molar-refractivity contribution is 7.09. The van der Waals surface area contributed by atoms with Gasteiger partial charge < -0.3 is 10.1 Å². The van der Waals surface area contributed by atoms with Crippen molar-refractivity contribution in [3.63, 3.8) is 0 Å². The molecule has 5 nitrogen and oxygen atoms in total. The van der Waals surface area contributed by atoms with Crippen molar-refractivity contribution in [1.29, 1.82) is 0 Å². The Labute approximate surface area is 181 Å². The second-order valence-corrected chi connectivity index (χ2v) is 8.73. The molecule has 0 unspecified atom stereocenters. The van der Waals surface area contributed by atoms with Crippen LogP contribution in [-0.4, -0.2) is 22.5 Å². The fourth-order valence-corrected chi connectivity index (χ4v) is 4.61. The average Bonchev–Trinajstić information content (AvgIpc) is 3.21. The van der Waals surface area contributed by atoms with Crippen molar-refractivity contribution in [3.8, 4) is 5.75 Å². The molecule has 1 aromatic carbocycles. The van der Waals surface area contributed by atoms with Gasteiger partial charge in [-0.2, -0.15) is 0 Å². The molecule has 0 saturated heterocycles. The number of pyridine rings is 1. The standard InChI is InChI=1S/C24H27N3O2S/c28-22(15-20-17-30-23(26-20)14-18-8-3-1-4-9-18)27-24-21(12-7-13-25-24)29-16-19-10-5-2-6-11-19/h1,3-4,7-9,12-13,17,19H,2,5-6,10-11,14-16H2,(H,25,27,28). The minimum Gasteiger partial charge on any atom is -0.489 e. The number of nitrogens with zero attached hydrogens (tertiary/aromatic N) is 2. The maximum Gasteiger partial charge on any atom is 0.231 e. The smallest absolute Gasteiger partial charge is 0.231 e. The normalized spacial score (nSPS) is 14.4. The van der Waals surface area contributed by atoms with E-state index in [1.54, 1.807) is 17.5 Å². The third kappa shape index (κ3) is 5.89. The molecule has 1 aliphatic rings. The number of hydrogen-bond acceptors (Lipinski definition) is 5. The van der Waals surface area contributed by atoms with Crippen molar-refractivity contribution in [1.82, 2.24) is 9.97 Å². The molecule has 1 saturated carbocycles. The average molecular weight is 422 g/mol. The van der Waals surface area contributed by atoms with E-state index in [0.29, 0.717) is 24.1 Å². The second-order valence-electron chi connectivity index (χ2n) is 7.79. The summed E-state index contributed by atoms with van der Waals surface area (Å²) in [4.78, 5) is 21.5. The molecule has 30 heavy (non-hydrogen) atoms. The van der Waals surface area contributed by atoms with Crippen molar-refractivity contribution in [3.05, 3.63) is 70.3 Å². The molecule has 2 aromatic heterocycles. The molecule has 4 rings (SSSR count). The largest absolute Gasteiger partial charge is 0.489 e. The highest BCUT2D eigenvalue weighted by Gasteiger charge is 2.16.